The summed E-state index contributed by atoms with van der Waals surface area (Å²) < 4.78 is 13.8. The van der Waals surface area contributed by atoms with Crippen molar-refractivity contribution in [2.75, 3.05) is 26.2 Å². The van der Waals surface area contributed by atoms with E-state index in [1.54, 1.807) is 0 Å². The van der Waals surface area contributed by atoms with Crippen LogP contribution < -0.4 is 5.32 Å². The highest BCUT2D eigenvalue weighted by molar-refractivity contribution is 5.85. The number of rotatable bonds is 4. The van der Waals surface area contributed by atoms with E-state index in [4.69, 9.17) is 0 Å². The van der Waals surface area contributed by atoms with Crippen molar-refractivity contribution in [3.8, 4) is 11.8 Å². The van der Waals surface area contributed by atoms with Gasteiger partial charge in [-0.25, -0.2) is 4.39 Å². The Bertz CT molecular complexity index is 543. The second-order valence-corrected chi connectivity index (χ2v) is 5.90. The first-order valence-corrected chi connectivity index (χ1v) is 7.40. The summed E-state index contributed by atoms with van der Waals surface area (Å²) >= 11 is 0. The Kier molecular flexibility index (Phi) is 9.48. The fourth-order valence-electron chi connectivity index (χ4n) is 2.91. The van der Waals surface area contributed by atoms with E-state index < -0.39 is 5.82 Å². The summed E-state index contributed by atoms with van der Waals surface area (Å²) in [7, 11) is 0. The number of halogens is 3. The molecule has 1 heterocycles. The Morgan fingerprint density at radius 1 is 1.30 bits per heavy atom. The average Bonchev–Trinajstić information content (AvgIpc) is 2.48. The number of hydrogen-bond acceptors (Lipinski definition) is 4. The standard InChI is InChI=1S/C16H22FN3O.2ClH/c1-11(2)9-14(20-7-5-19-6-8-20)15-12(10-18)3-4-13(17)16(15)21;;/h3-4,11,14,19,21H,5-9H2,1-2H3;2*1H/t14-;;/m1../s1. The van der Waals surface area contributed by atoms with Crippen LogP contribution in [0.4, 0.5) is 4.39 Å². The van der Waals surface area contributed by atoms with E-state index >= 15 is 0 Å². The van der Waals surface area contributed by atoms with E-state index in [1.807, 2.05) is 0 Å². The zero-order valence-electron chi connectivity index (χ0n) is 13.4. The number of hydrogen-bond donors (Lipinski definition) is 2. The summed E-state index contributed by atoms with van der Waals surface area (Å²) in [5, 5.41) is 22.7. The summed E-state index contributed by atoms with van der Waals surface area (Å²) in [6.45, 7) is 7.59. The zero-order chi connectivity index (χ0) is 15.4. The number of phenolic OH excluding ortho intramolecular Hbond substituents is 1. The second kappa shape index (κ2) is 9.94. The van der Waals surface area contributed by atoms with Gasteiger partial charge in [0.2, 0.25) is 0 Å². The Hall–Kier alpha value is -1.06. The highest BCUT2D eigenvalue weighted by Crippen LogP contribution is 2.37. The van der Waals surface area contributed by atoms with Gasteiger partial charge in [0.05, 0.1) is 11.6 Å². The lowest BCUT2D eigenvalue weighted by atomic mass is 9.91. The van der Waals surface area contributed by atoms with Gasteiger partial charge in [0, 0.05) is 37.8 Å². The SMILES string of the molecule is CC(C)C[C@H](c1c(C#N)ccc(F)c1O)N1CCNCC1.Cl.Cl. The minimum atomic E-state index is -0.659. The Morgan fingerprint density at radius 2 is 1.91 bits per heavy atom. The van der Waals surface area contributed by atoms with Crippen molar-refractivity contribution in [2.24, 2.45) is 5.92 Å². The summed E-state index contributed by atoms with van der Waals surface area (Å²) in [5.41, 5.74) is 0.797. The minimum absolute atomic E-state index is 0. The fourth-order valence-corrected chi connectivity index (χ4v) is 2.91. The third-order valence-electron chi connectivity index (χ3n) is 3.91. The van der Waals surface area contributed by atoms with Crippen molar-refractivity contribution < 1.29 is 9.50 Å². The van der Waals surface area contributed by atoms with Crippen LogP contribution in [0.3, 0.4) is 0 Å². The fraction of sp³-hybridized carbons (Fsp3) is 0.562. The largest absolute Gasteiger partial charge is 0.505 e. The highest BCUT2D eigenvalue weighted by atomic mass is 35.5. The van der Waals surface area contributed by atoms with Crippen molar-refractivity contribution in [1.82, 2.24) is 10.2 Å². The Labute approximate surface area is 149 Å². The maximum absolute atomic E-state index is 13.8. The summed E-state index contributed by atoms with van der Waals surface area (Å²) in [6.07, 6.45) is 0.783. The summed E-state index contributed by atoms with van der Waals surface area (Å²) in [5.74, 6) is -0.648. The van der Waals surface area contributed by atoms with Gasteiger partial charge in [-0.2, -0.15) is 5.26 Å². The van der Waals surface area contributed by atoms with Gasteiger partial charge in [-0.1, -0.05) is 13.8 Å². The maximum atomic E-state index is 13.8. The molecule has 1 aromatic rings. The van der Waals surface area contributed by atoms with Crippen LogP contribution in [0, 0.1) is 23.1 Å². The van der Waals surface area contributed by atoms with Crippen molar-refractivity contribution >= 4 is 24.8 Å². The molecular formula is C16H24Cl2FN3O. The van der Waals surface area contributed by atoms with E-state index in [1.165, 1.54) is 6.07 Å². The molecule has 1 fully saturated rings. The minimum Gasteiger partial charge on any atom is -0.505 e. The number of nitrogens with one attached hydrogen (secondary N) is 1. The highest BCUT2D eigenvalue weighted by Gasteiger charge is 2.28. The zero-order valence-corrected chi connectivity index (χ0v) is 15.0. The molecule has 0 saturated carbocycles. The van der Waals surface area contributed by atoms with Gasteiger partial charge >= 0.3 is 0 Å². The maximum Gasteiger partial charge on any atom is 0.165 e. The molecule has 4 nitrogen and oxygen atoms in total. The molecule has 1 saturated heterocycles. The Morgan fingerprint density at radius 3 is 2.43 bits per heavy atom. The number of nitrogens with zero attached hydrogens (tertiary/aromatic N) is 2. The van der Waals surface area contributed by atoms with Gasteiger partial charge in [0.1, 0.15) is 0 Å². The molecule has 1 atom stereocenters. The molecule has 7 heteroatoms. The molecule has 2 rings (SSSR count). The summed E-state index contributed by atoms with van der Waals surface area (Å²) in [6, 6.07) is 4.57. The van der Waals surface area contributed by atoms with Crippen LogP contribution in [0.5, 0.6) is 5.75 Å². The van der Waals surface area contributed by atoms with Crippen molar-refractivity contribution in [3.05, 3.63) is 29.1 Å². The van der Waals surface area contributed by atoms with E-state index in [2.05, 4.69) is 30.1 Å². The van der Waals surface area contributed by atoms with E-state index in [0.717, 1.165) is 38.7 Å². The molecule has 1 aliphatic heterocycles. The van der Waals surface area contributed by atoms with Crippen LogP contribution in [0.25, 0.3) is 0 Å². The molecule has 2 N–H and O–H groups in total. The quantitative estimate of drug-likeness (QED) is 0.861. The lowest BCUT2D eigenvalue weighted by Gasteiger charge is -2.36. The molecule has 0 aromatic heterocycles. The van der Waals surface area contributed by atoms with Crippen LogP contribution in [-0.2, 0) is 0 Å². The van der Waals surface area contributed by atoms with Gasteiger partial charge in [-0.3, -0.25) is 4.90 Å². The van der Waals surface area contributed by atoms with Crippen LogP contribution in [0.15, 0.2) is 12.1 Å². The first kappa shape index (κ1) is 21.9. The van der Waals surface area contributed by atoms with Crippen LogP contribution in [-0.4, -0.2) is 36.2 Å². The average molecular weight is 364 g/mol. The van der Waals surface area contributed by atoms with Crippen molar-refractivity contribution in [2.45, 2.75) is 26.3 Å². The van der Waals surface area contributed by atoms with E-state index in [9.17, 15) is 14.8 Å². The summed E-state index contributed by atoms with van der Waals surface area (Å²) in [4.78, 5) is 2.23. The van der Waals surface area contributed by atoms with Gasteiger partial charge in [-0.05, 0) is 24.5 Å². The molecule has 0 bridgehead atoms. The second-order valence-electron chi connectivity index (χ2n) is 5.90. The number of piperazine rings is 1. The third-order valence-corrected chi connectivity index (χ3v) is 3.91. The van der Waals surface area contributed by atoms with E-state index in [-0.39, 0.29) is 36.6 Å². The van der Waals surface area contributed by atoms with Gasteiger partial charge in [-0.15, -0.1) is 24.8 Å². The van der Waals surface area contributed by atoms with Crippen LogP contribution in [0.2, 0.25) is 0 Å². The van der Waals surface area contributed by atoms with E-state index in [0.29, 0.717) is 17.0 Å². The molecule has 1 aromatic carbocycles. The van der Waals surface area contributed by atoms with Gasteiger partial charge < -0.3 is 10.4 Å². The lowest BCUT2D eigenvalue weighted by Crippen LogP contribution is -2.45. The van der Waals surface area contributed by atoms with Crippen molar-refractivity contribution in [3.63, 3.8) is 0 Å². The number of phenols is 1. The molecule has 23 heavy (non-hydrogen) atoms. The van der Waals surface area contributed by atoms with Crippen molar-refractivity contribution in [1.29, 1.82) is 5.26 Å². The molecular weight excluding hydrogens is 340 g/mol. The Balaban J connectivity index is 0.00000242. The first-order valence-electron chi connectivity index (χ1n) is 7.40. The molecule has 0 unspecified atom stereocenters. The normalized spacial score (nSPS) is 16.1. The monoisotopic (exact) mass is 363 g/mol. The first-order chi connectivity index (χ1) is 10.0. The molecule has 130 valence electrons. The van der Waals surface area contributed by atoms with Crippen LogP contribution in [0.1, 0.15) is 37.4 Å². The molecule has 0 spiro atoms. The predicted octanol–water partition coefficient (Wildman–Crippen LogP) is 3.24. The van der Waals surface area contributed by atoms with Crippen LogP contribution >= 0.6 is 24.8 Å². The molecule has 0 radical (unpaired) electrons. The van der Waals surface area contributed by atoms with Gasteiger partial charge in [0.25, 0.3) is 0 Å². The third kappa shape index (κ3) is 5.22. The molecule has 0 aliphatic carbocycles. The lowest BCUT2D eigenvalue weighted by molar-refractivity contribution is 0.151. The topological polar surface area (TPSA) is 59.3 Å². The smallest absolute Gasteiger partial charge is 0.165 e. The number of nitriles is 1. The predicted molar refractivity (Wildman–Crippen MR) is 93.9 cm³/mol. The number of benzene rings is 1. The molecule has 0 amide bonds. The number of aromatic hydroxyl groups is 1. The van der Waals surface area contributed by atoms with Gasteiger partial charge in [0.15, 0.2) is 11.6 Å². The molecule has 1 aliphatic rings.